The molecule has 0 aliphatic rings. The minimum atomic E-state index is 0.201. The van der Waals surface area contributed by atoms with Crippen molar-refractivity contribution in [3.63, 3.8) is 0 Å². The zero-order valence-electron chi connectivity index (χ0n) is 7.66. The normalized spacial score (nSPS) is 10.2. The van der Waals surface area contributed by atoms with E-state index in [1.807, 2.05) is 18.2 Å². The Morgan fingerprint density at radius 2 is 2.00 bits per heavy atom. The number of rotatable bonds is 4. The second kappa shape index (κ2) is 4.92. The summed E-state index contributed by atoms with van der Waals surface area (Å²) < 4.78 is 0. The van der Waals surface area contributed by atoms with E-state index < -0.39 is 0 Å². The zero-order valence-corrected chi connectivity index (χ0v) is 7.66. The van der Waals surface area contributed by atoms with Crippen LogP contribution in [0.3, 0.4) is 0 Å². The van der Waals surface area contributed by atoms with Crippen molar-refractivity contribution in [2.45, 2.75) is 19.2 Å². The Labute approximate surface area is 80.2 Å². The molecule has 0 saturated carbocycles. The number of aliphatic hydroxyl groups excluding tert-OH is 1. The highest BCUT2D eigenvalue weighted by molar-refractivity contribution is 6.08. The predicted octanol–water partition coefficient (Wildman–Crippen LogP) is 0.862. The van der Waals surface area contributed by atoms with E-state index in [2.05, 4.69) is 0 Å². The number of para-hydroxylation sites is 1. The highest BCUT2D eigenvalue weighted by Crippen LogP contribution is 2.18. The molecule has 0 saturated heterocycles. The lowest BCUT2D eigenvalue weighted by atomic mass is 9.93. The first-order valence-electron chi connectivity index (χ1n) is 4.46. The van der Waals surface area contributed by atoms with Crippen molar-refractivity contribution in [3.05, 3.63) is 29.3 Å². The number of aryl methyl sites for hydroxylation is 1. The summed E-state index contributed by atoms with van der Waals surface area (Å²) in [6, 6.07) is 5.85. The Hall–Kier alpha value is -0.955. The molecule has 0 heterocycles. The minimum Gasteiger partial charge on any atom is -0.398 e. The van der Waals surface area contributed by atoms with Gasteiger partial charge in [-0.2, -0.15) is 0 Å². The van der Waals surface area contributed by atoms with Gasteiger partial charge < -0.3 is 10.8 Å². The van der Waals surface area contributed by atoms with Crippen molar-refractivity contribution in [1.29, 1.82) is 0 Å². The van der Waals surface area contributed by atoms with Crippen LogP contribution < -0.4 is 5.73 Å². The zero-order chi connectivity index (χ0) is 9.68. The average Bonchev–Trinajstić information content (AvgIpc) is 2.16. The van der Waals surface area contributed by atoms with Crippen molar-refractivity contribution >= 4 is 13.5 Å². The van der Waals surface area contributed by atoms with E-state index in [4.69, 9.17) is 18.7 Å². The van der Waals surface area contributed by atoms with Crippen LogP contribution in [-0.2, 0) is 12.7 Å². The summed E-state index contributed by atoms with van der Waals surface area (Å²) >= 11 is 0. The van der Waals surface area contributed by atoms with Gasteiger partial charge in [-0.1, -0.05) is 24.5 Å². The van der Waals surface area contributed by atoms with Crippen LogP contribution in [0.4, 0.5) is 5.69 Å². The van der Waals surface area contributed by atoms with Gasteiger partial charge in [0.05, 0.1) is 7.85 Å². The Kier molecular flexibility index (Phi) is 3.84. The van der Waals surface area contributed by atoms with Crippen LogP contribution in [0.25, 0.3) is 0 Å². The van der Waals surface area contributed by atoms with E-state index in [1.54, 1.807) is 0 Å². The maximum atomic E-state index is 8.68. The summed E-state index contributed by atoms with van der Waals surface area (Å²) in [5.74, 6) is 0. The minimum absolute atomic E-state index is 0.201. The monoisotopic (exact) mass is 175 g/mol. The third kappa shape index (κ3) is 2.49. The van der Waals surface area contributed by atoms with E-state index >= 15 is 0 Å². The average molecular weight is 175 g/mol. The highest BCUT2D eigenvalue weighted by Gasteiger charge is 2.01. The van der Waals surface area contributed by atoms with E-state index in [0.29, 0.717) is 6.32 Å². The van der Waals surface area contributed by atoms with Gasteiger partial charge in [0, 0.05) is 12.3 Å². The van der Waals surface area contributed by atoms with Gasteiger partial charge in [-0.3, -0.25) is 0 Å². The second-order valence-electron chi connectivity index (χ2n) is 3.02. The van der Waals surface area contributed by atoms with Crippen molar-refractivity contribution in [2.24, 2.45) is 0 Å². The van der Waals surface area contributed by atoms with Crippen LogP contribution in [-0.4, -0.2) is 19.6 Å². The lowest BCUT2D eigenvalue weighted by Gasteiger charge is -2.08. The molecule has 2 nitrogen and oxygen atoms in total. The molecule has 0 aromatic heterocycles. The van der Waals surface area contributed by atoms with Crippen LogP contribution in [0.5, 0.6) is 0 Å². The molecule has 0 aliphatic heterocycles. The van der Waals surface area contributed by atoms with E-state index in [-0.39, 0.29) is 6.61 Å². The quantitative estimate of drug-likeness (QED) is 0.526. The fourth-order valence-electron chi connectivity index (χ4n) is 1.33. The van der Waals surface area contributed by atoms with Crippen LogP contribution in [0.2, 0.25) is 0 Å². The predicted molar refractivity (Wildman–Crippen MR) is 55.7 cm³/mol. The lowest BCUT2D eigenvalue weighted by Crippen LogP contribution is -2.01. The Bertz CT molecular complexity index is 276. The lowest BCUT2D eigenvalue weighted by molar-refractivity contribution is 0.288. The third-order valence-corrected chi connectivity index (χ3v) is 2.11. The summed E-state index contributed by atoms with van der Waals surface area (Å²) in [4.78, 5) is 0. The van der Waals surface area contributed by atoms with Gasteiger partial charge in [-0.25, -0.2) is 0 Å². The topological polar surface area (TPSA) is 46.2 Å². The van der Waals surface area contributed by atoms with Gasteiger partial charge in [0.15, 0.2) is 0 Å². The number of aliphatic hydroxyl groups is 1. The van der Waals surface area contributed by atoms with Crippen LogP contribution in [0, 0.1) is 0 Å². The molecule has 0 amide bonds. The molecule has 1 aromatic rings. The number of hydrogen-bond acceptors (Lipinski definition) is 2. The Morgan fingerprint density at radius 3 is 2.62 bits per heavy atom. The van der Waals surface area contributed by atoms with Crippen LogP contribution in [0.1, 0.15) is 17.5 Å². The van der Waals surface area contributed by atoms with Crippen molar-refractivity contribution in [3.8, 4) is 0 Å². The van der Waals surface area contributed by atoms with Crippen molar-refractivity contribution in [1.82, 2.24) is 0 Å². The van der Waals surface area contributed by atoms with E-state index in [0.717, 1.165) is 29.7 Å². The number of anilines is 1. The van der Waals surface area contributed by atoms with Crippen molar-refractivity contribution in [2.75, 3.05) is 12.3 Å². The van der Waals surface area contributed by atoms with Crippen molar-refractivity contribution < 1.29 is 5.11 Å². The fraction of sp³-hybridized carbons (Fsp3) is 0.400. The first-order chi connectivity index (χ1) is 6.29. The second-order valence-corrected chi connectivity index (χ2v) is 3.02. The smallest absolute Gasteiger partial charge is 0.0717 e. The van der Waals surface area contributed by atoms with Gasteiger partial charge in [0.1, 0.15) is 0 Å². The molecule has 3 N–H and O–H groups in total. The molecular weight excluding hydrogens is 161 g/mol. The molecule has 3 heteroatoms. The Morgan fingerprint density at radius 1 is 1.31 bits per heavy atom. The molecule has 13 heavy (non-hydrogen) atoms. The van der Waals surface area contributed by atoms with Gasteiger partial charge in [0.25, 0.3) is 0 Å². The maximum absolute atomic E-state index is 8.68. The molecule has 0 spiro atoms. The molecule has 0 aliphatic carbocycles. The van der Waals surface area contributed by atoms with Gasteiger partial charge >= 0.3 is 0 Å². The highest BCUT2D eigenvalue weighted by atomic mass is 16.2. The van der Waals surface area contributed by atoms with Crippen LogP contribution >= 0.6 is 0 Å². The molecule has 1 rings (SSSR count). The molecular formula is C10H14BNO. The van der Waals surface area contributed by atoms with Gasteiger partial charge in [-0.15, -0.1) is 0 Å². The molecule has 0 fully saturated rings. The molecule has 0 atom stereocenters. The van der Waals surface area contributed by atoms with Gasteiger partial charge in [0.2, 0.25) is 0 Å². The number of nitrogen functional groups attached to an aromatic ring is 1. The van der Waals surface area contributed by atoms with Crippen LogP contribution in [0.15, 0.2) is 18.2 Å². The number of hydrogen-bond donors (Lipinski definition) is 2. The van der Waals surface area contributed by atoms with E-state index in [9.17, 15) is 0 Å². The fourth-order valence-corrected chi connectivity index (χ4v) is 1.33. The molecule has 0 unspecified atom stereocenters. The maximum Gasteiger partial charge on any atom is 0.0717 e. The molecule has 0 bridgehead atoms. The van der Waals surface area contributed by atoms with E-state index in [1.165, 1.54) is 0 Å². The third-order valence-electron chi connectivity index (χ3n) is 2.11. The molecule has 2 radical (unpaired) electrons. The number of benzene rings is 1. The first kappa shape index (κ1) is 10.1. The van der Waals surface area contributed by atoms with Gasteiger partial charge in [-0.05, 0) is 24.0 Å². The SMILES string of the molecule is [B]Cc1cccc(CCCO)c1N. The standard InChI is InChI=1S/C10H14BNO/c11-7-9-4-1-3-8(10(9)12)5-2-6-13/h1,3-4,13H,2,5-7,12H2. The summed E-state index contributed by atoms with van der Waals surface area (Å²) in [6.45, 7) is 0.201. The summed E-state index contributed by atoms with van der Waals surface area (Å²) in [5, 5.41) is 8.68. The first-order valence-corrected chi connectivity index (χ1v) is 4.46. The summed E-state index contributed by atoms with van der Waals surface area (Å²) in [7, 11) is 5.52. The number of nitrogens with two attached hydrogens (primary N) is 1. The molecule has 1 aromatic carbocycles. The summed E-state index contributed by atoms with van der Waals surface area (Å²) in [6.07, 6.45) is 2.03. The largest absolute Gasteiger partial charge is 0.398 e. The summed E-state index contributed by atoms with van der Waals surface area (Å²) in [5.41, 5.74) is 8.71. The molecule has 68 valence electrons. The Balaban J connectivity index is 2.81.